The minimum atomic E-state index is -0.772. The van der Waals surface area contributed by atoms with Gasteiger partial charge in [-0.05, 0) is 44.8 Å². The Labute approximate surface area is 130 Å². The van der Waals surface area contributed by atoms with E-state index in [1.807, 2.05) is 18.7 Å². The van der Waals surface area contributed by atoms with Gasteiger partial charge in [0, 0.05) is 24.4 Å². The van der Waals surface area contributed by atoms with Crippen LogP contribution in [0, 0.1) is 5.41 Å². The number of aliphatic carboxylic acids is 1. The van der Waals surface area contributed by atoms with E-state index in [9.17, 15) is 14.7 Å². The van der Waals surface area contributed by atoms with Gasteiger partial charge in [-0.3, -0.25) is 4.79 Å². The smallest absolute Gasteiger partial charge is 0.317 e. The van der Waals surface area contributed by atoms with Gasteiger partial charge >= 0.3 is 12.0 Å². The van der Waals surface area contributed by atoms with Crippen molar-refractivity contribution in [3.8, 4) is 0 Å². The van der Waals surface area contributed by atoms with E-state index in [0.29, 0.717) is 31.2 Å². The molecule has 3 atom stereocenters. The number of piperidine rings is 1. The molecule has 2 N–H and O–H groups in total. The summed E-state index contributed by atoms with van der Waals surface area (Å²) in [5.74, 6) is -0.772. The lowest BCUT2D eigenvalue weighted by Crippen LogP contribution is -2.53. The molecule has 0 aromatic rings. The Hall–Kier alpha value is -0.910. The van der Waals surface area contributed by atoms with Crippen molar-refractivity contribution >= 4 is 23.8 Å². The van der Waals surface area contributed by atoms with Gasteiger partial charge in [-0.1, -0.05) is 6.92 Å². The topological polar surface area (TPSA) is 69.6 Å². The first-order valence-electron chi connectivity index (χ1n) is 7.82. The summed E-state index contributed by atoms with van der Waals surface area (Å²) in [4.78, 5) is 25.6. The van der Waals surface area contributed by atoms with Crippen LogP contribution >= 0.6 is 11.8 Å². The molecule has 3 unspecified atom stereocenters. The van der Waals surface area contributed by atoms with E-state index in [1.54, 1.807) is 4.90 Å². The van der Waals surface area contributed by atoms with Crippen molar-refractivity contribution in [3.63, 3.8) is 0 Å². The molecule has 2 aliphatic rings. The first-order chi connectivity index (χ1) is 10.0. The van der Waals surface area contributed by atoms with Crippen LogP contribution in [0.1, 0.15) is 45.4 Å². The van der Waals surface area contributed by atoms with Gasteiger partial charge in [0.1, 0.15) is 0 Å². The molecule has 0 bridgehead atoms. The average molecular weight is 314 g/mol. The Morgan fingerprint density at radius 1 is 1.43 bits per heavy atom. The van der Waals surface area contributed by atoms with Crippen molar-refractivity contribution in [1.82, 2.24) is 10.2 Å². The van der Waals surface area contributed by atoms with Crippen molar-refractivity contribution in [2.45, 2.75) is 56.7 Å². The van der Waals surface area contributed by atoms with E-state index in [0.717, 1.165) is 25.7 Å². The maximum atomic E-state index is 12.4. The number of nitrogens with one attached hydrogen (secondary N) is 1. The van der Waals surface area contributed by atoms with Crippen LogP contribution in [0.3, 0.4) is 0 Å². The highest BCUT2D eigenvalue weighted by molar-refractivity contribution is 7.99. The fourth-order valence-corrected chi connectivity index (χ4v) is 4.27. The van der Waals surface area contributed by atoms with Gasteiger partial charge in [-0.25, -0.2) is 4.79 Å². The molecule has 1 aliphatic heterocycles. The van der Waals surface area contributed by atoms with Gasteiger partial charge in [0.05, 0.1) is 5.41 Å². The second-order valence-electron chi connectivity index (χ2n) is 6.28. The Balaban J connectivity index is 1.92. The summed E-state index contributed by atoms with van der Waals surface area (Å²) < 4.78 is 0. The minimum absolute atomic E-state index is 0.0828. The van der Waals surface area contributed by atoms with E-state index < -0.39 is 11.4 Å². The number of urea groups is 1. The largest absolute Gasteiger partial charge is 0.481 e. The molecule has 0 spiro atoms. The summed E-state index contributed by atoms with van der Waals surface area (Å²) in [7, 11) is 0. The lowest BCUT2D eigenvalue weighted by atomic mass is 9.78. The summed E-state index contributed by atoms with van der Waals surface area (Å²) in [5, 5.41) is 13.2. The molecule has 2 amide bonds. The molecule has 2 fully saturated rings. The zero-order valence-electron chi connectivity index (χ0n) is 12.9. The Morgan fingerprint density at radius 2 is 2.19 bits per heavy atom. The normalized spacial score (nSPS) is 33.0. The molecular formula is C15H26N2O3S. The molecule has 1 saturated heterocycles. The van der Waals surface area contributed by atoms with E-state index in [2.05, 4.69) is 11.6 Å². The van der Waals surface area contributed by atoms with Gasteiger partial charge in [0.2, 0.25) is 0 Å². The van der Waals surface area contributed by atoms with Crippen molar-refractivity contribution in [2.24, 2.45) is 5.41 Å². The second kappa shape index (κ2) is 6.90. The Morgan fingerprint density at radius 3 is 2.76 bits per heavy atom. The number of carboxylic acid groups (broad SMARTS) is 1. The number of likely N-dealkylation sites (tertiary alicyclic amines) is 1. The monoisotopic (exact) mass is 314 g/mol. The summed E-state index contributed by atoms with van der Waals surface area (Å²) in [6.07, 6.45) is 7.33. The predicted octanol–water partition coefficient (Wildman–Crippen LogP) is 2.56. The van der Waals surface area contributed by atoms with Gasteiger partial charge in [0.15, 0.2) is 0 Å². The van der Waals surface area contributed by atoms with Gasteiger partial charge in [0.25, 0.3) is 0 Å². The van der Waals surface area contributed by atoms with E-state index in [4.69, 9.17) is 0 Å². The minimum Gasteiger partial charge on any atom is -0.481 e. The molecule has 21 heavy (non-hydrogen) atoms. The van der Waals surface area contributed by atoms with E-state index >= 15 is 0 Å². The number of amides is 2. The van der Waals surface area contributed by atoms with Crippen LogP contribution in [0.25, 0.3) is 0 Å². The molecule has 1 aliphatic carbocycles. The standard InChI is InChI=1S/C15H26N2O3S/c1-3-15(13(18)19)7-4-8-17(10-15)14(20)16-11-5-6-12(9-11)21-2/h11-12H,3-10H2,1-2H3,(H,16,20)(H,18,19). The summed E-state index contributed by atoms with van der Waals surface area (Å²) in [6, 6.07) is 0.165. The quantitative estimate of drug-likeness (QED) is 0.837. The second-order valence-corrected chi connectivity index (χ2v) is 7.42. The number of carbonyl (C=O) groups is 2. The highest BCUT2D eigenvalue weighted by atomic mass is 32.2. The number of rotatable bonds is 4. The number of thioether (sulfide) groups is 1. The third-order valence-corrected chi connectivity index (χ3v) is 6.13. The maximum Gasteiger partial charge on any atom is 0.317 e. The third kappa shape index (κ3) is 3.65. The summed E-state index contributed by atoms with van der Waals surface area (Å²) in [6.45, 7) is 2.90. The molecule has 0 aromatic carbocycles. The van der Waals surface area contributed by atoms with Crippen molar-refractivity contribution < 1.29 is 14.7 Å². The Bertz CT molecular complexity index is 404. The molecule has 1 heterocycles. The highest BCUT2D eigenvalue weighted by Gasteiger charge is 2.42. The van der Waals surface area contributed by atoms with Crippen LogP contribution in [0.4, 0.5) is 4.79 Å². The third-order valence-electron chi connectivity index (χ3n) is 5.04. The van der Waals surface area contributed by atoms with Crippen molar-refractivity contribution in [2.75, 3.05) is 19.3 Å². The molecule has 6 heteroatoms. The van der Waals surface area contributed by atoms with E-state index in [-0.39, 0.29) is 12.1 Å². The van der Waals surface area contributed by atoms with Crippen LogP contribution in [0.5, 0.6) is 0 Å². The molecular weight excluding hydrogens is 288 g/mol. The maximum absolute atomic E-state index is 12.4. The average Bonchev–Trinajstić information content (AvgIpc) is 2.94. The van der Waals surface area contributed by atoms with Gasteiger partial charge in [-0.15, -0.1) is 0 Å². The fourth-order valence-electron chi connectivity index (χ4n) is 3.47. The molecule has 0 aromatic heterocycles. The molecule has 0 radical (unpaired) electrons. The first kappa shape index (κ1) is 16.5. The SMILES string of the molecule is CCC1(C(=O)O)CCCN(C(=O)NC2CCC(SC)C2)C1. The molecule has 5 nitrogen and oxygen atoms in total. The number of carboxylic acids is 1. The number of carbonyl (C=O) groups excluding carboxylic acids is 1. The van der Waals surface area contributed by atoms with Crippen molar-refractivity contribution in [1.29, 1.82) is 0 Å². The summed E-state index contributed by atoms with van der Waals surface area (Å²) in [5.41, 5.74) is -0.757. The number of hydrogen-bond donors (Lipinski definition) is 2. The lowest BCUT2D eigenvalue weighted by molar-refractivity contribution is -0.152. The fraction of sp³-hybridized carbons (Fsp3) is 0.867. The summed E-state index contributed by atoms with van der Waals surface area (Å²) >= 11 is 1.86. The highest BCUT2D eigenvalue weighted by Crippen LogP contribution is 2.34. The predicted molar refractivity (Wildman–Crippen MR) is 84.6 cm³/mol. The van der Waals surface area contributed by atoms with Crippen molar-refractivity contribution in [3.05, 3.63) is 0 Å². The molecule has 120 valence electrons. The lowest BCUT2D eigenvalue weighted by Gasteiger charge is -2.39. The van der Waals surface area contributed by atoms with Crippen LogP contribution in [-0.2, 0) is 4.79 Å². The van der Waals surface area contributed by atoms with Crippen LogP contribution in [0.15, 0.2) is 0 Å². The zero-order chi connectivity index (χ0) is 15.5. The van der Waals surface area contributed by atoms with Crippen LogP contribution < -0.4 is 5.32 Å². The number of nitrogens with zero attached hydrogens (tertiary/aromatic N) is 1. The van der Waals surface area contributed by atoms with Crippen LogP contribution in [-0.4, -0.2) is 52.6 Å². The van der Waals surface area contributed by atoms with Gasteiger partial charge < -0.3 is 15.3 Å². The molecule has 1 saturated carbocycles. The number of hydrogen-bond acceptors (Lipinski definition) is 3. The Kier molecular flexibility index (Phi) is 5.41. The first-order valence-corrected chi connectivity index (χ1v) is 9.11. The van der Waals surface area contributed by atoms with Crippen LogP contribution in [0.2, 0.25) is 0 Å². The van der Waals surface area contributed by atoms with Gasteiger partial charge in [-0.2, -0.15) is 11.8 Å². The van der Waals surface area contributed by atoms with E-state index in [1.165, 1.54) is 0 Å². The zero-order valence-corrected chi connectivity index (χ0v) is 13.7. The molecule has 2 rings (SSSR count).